The van der Waals surface area contributed by atoms with Crippen LogP contribution in [-0.4, -0.2) is 7.05 Å². The van der Waals surface area contributed by atoms with E-state index in [1.807, 2.05) is 25.2 Å². The number of likely N-dealkylation sites (N-methyl/N-ethyl adjacent to an activating group) is 1. The van der Waals surface area contributed by atoms with Crippen molar-refractivity contribution in [3.05, 3.63) is 68.1 Å². The maximum Gasteiger partial charge on any atom is 0.0410 e. The summed E-state index contributed by atoms with van der Waals surface area (Å²) in [6, 6.07) is 12.8. The molecular formula is C17H19BrClN. The van der Waals surface area contributed by atoms with Crippen molar-refractivity contribution in [1.29, 1.82) is 0 Å². The van der Waals surface area contributed by atoms with Gasteiger partial charge in [0.05, 0.1) is 0 Å². The van der Waals surface area contributed by atoms with E-state index in [2.05, 4.69) is 53.3 Å². The Morgan fingerprint density at radius 1 is 1.10 bits per heavy atom. The molecule has 1 atom stereocenters. The first-order valence-electron chi connectivity index (χ1n) is 6.69. The molecule has 0 radical (unpaired) electrons. The molecule has 0 aliphatic carbocycles. The van der Waals surface area contributed by atoms with Gasteiger partial charge in [0.1, 0.15) is 0 Å². The molecule has 0 bridgehead atoms. The van der Waals surface area contributed by atoms with E-state index >= 15 is 0 Å². The van der Waals surface area contributed by atoms with Gasteiger partial charge in [-0.1, -0.05) is 45.7 Å². The second kappa shape index (κ2) is 6.75. The first kappa shape index (κ1) is 15.6. The van der Waals surface area contributed by atoms with Crippen LogP contribution in [0.3, 0.4) is 0 Å². The Morgan fingerprint density at radius 3 is 2.50 bits per heavy atom. The summed E-state index contributed by atoms with van der Waals surface area (Å²) in [5.41, 5.74) is 5.19. The Labute approximate surface area is 134 Å². The SMILES string of the molecule is CNC(Cc1ccc(C)c(C)c1)c1cc(Cl)ccc1Br. The molecule has 0 fully saturated rings. The van der Waals surface area contributed by atoms with E-state index in [9.17, 15) is 0 Å². The standard InChI is InChI=1S/C17H19BrClN/c1-11-4-5-13(8-12(11)2)9-17(20-3)15-10-14(19)6-7-16(15)18/h4-8,10,17,20H,9H2,1-3H3. The lowest BCUT2D eigenvalue weighted by atomic mass is 9.96. The van der Waals surface area contributed by atoms with Gasteiger partial charge in [0.25, 0.3) is 0 Å². The molecule has 3 heteroatoms. The molecule has 20 heavy (non-hydrogen) atoms. The Balaban J connectivity index is 2.28. The maximum atomic E-state index is 6.12. The van der Waals surface area contributed by atoms with Crippen molar-refractivity contribution >= 4 is 27.5 Å². The molecule has 1 unspecified atom stereocenters. The molecule has 0 amide bonds. The number of benzene rings is 2. The summed E-state index contributed by atoms with van der Waals surface area (Å²) in [7, 11) is 1.99. The summed E-state index contributed by atoms with van der Waals surface area (Å²) in [4.78, 5) is 0. The average molecular weight is 353 g/mol. The summed E-state index contributed by atoms with van der Waals surface area (Å²) in [6.07, 6.45) is 0.941. The van der Waals surface area contributed by atoms with Crippen LogP contribution in [0.5, 0.6) is 0 Å². The van der Waals surface area contributed by atoms with Crippen LogP contribution in [0, 0.1) is 13.8 Å². The fourth-order valence-electron chi connectivity index (χ4n) is 2.32. The van der Waals surface area contributed by atoms with E-state index in [0.717, 1.165) is 15.9 Å². The fourth-order valence-corrected chi connectivity index (χ4v) is 3.02. The van der Waals surface area contributed by atoms with Gasteiger partial charge in [-0.15, -0.1) is 0 Å². The predicted octanol–water partition coefficient (Wildman–Crippen LogP) is 5.22. The summed E-state index contributed by atoms with van der Waals surface area (Å²) < 4.78 is 1.09. The minimum absolute atomic E-state index is 0.241. The van der Waals surface area contributed by atoms with Crippen molar-refractivity contribution in [3.63, 3.8) is 0 Å². The van der Waals surface area contributed by atoms with Crippen LogP contribution in [0.25, 0.3) is 0 Å². The van der Waals surface area contributed by atoms with Gasteiger partial charge in [0.2, 0.25) is 0 Å². The second-order valence-electron chi connectivity index (χ2n) is 5.13. The smallest absolute Gasteiger partial charge is 0.0410 e. The highest BCUT2D eigenvalue weighted by Crippen LogP contribution is 2.29. The van der Waals surface area contributed by atoms with Crippen molar-refractivity contribution in [3.8, 4) is 0 Å². The number of hydrogen-bond acceptors (Lipinski definition) is 1. The van der Waals surface area contributed by atoms with Crippen molar-refractivity contribution in [2.24, 2.45) is 0 Å². The number of hydrogen-bond donors (Lipinski definition) is 1. The Hall–Kier alpha value is -0.830. The van der Waals surface area contributed by atoms with Crippen molar-refractivity contribution in [2.75, 3.05) is 7.05 Å². The molecule has 0 aromatic heterocycles. The molecule has 1 N–H and O–H groups in total. The first-order chi connectivity index (χ1) is 9.51. The van der Waals surface area contributed by atoms with Crippen LogP contribution in [0.4, 0.5) is 0 Å². The van der Waals surface area contributed by atoms with E-state index in [4.69, 9.17) is 11.6 Å². The highest BCUT2D eigenvalue weighted by atomic mass is 79.9. The highest BCUT2D eigenvalue weighted by molar-refractivity contribution is 9.10. The molecule has 0 aliphatic heterocycles. The molecule has 1 nitrogen and oxygen atoms in total. The van der Waals surface area contributed by atoms with Gasteiger partial charge < -0.3 is 5.32 Å². The Bertz CT molecular complexity index is 610. The molecule has 0 aliphatic rings. The zero-order valence-electron chi connectivity index (χ0n) is 12.0. The van der Waals surface area contributed by atoms with E-state index in [1.54, 1.807) is 0 Å². The van der Waals surface area contributed by atoms with Gasteiger partial charge in [-0.05, 0) is 67.8 Å². The third-order valence-electron chi connectivity index (χ3n) is 3.69. The van der Waals surface area contributed by atoms with E-state index in [1.165, 1.54) is 22.3 Å². The van der Waals surface area contributed by atoms with Crippen LogP contribution in [0.2, 0.25) is 5.02 Å². The number of aryl methyl sites for hydroxylation is 2. The monoisotopic (exact) mass is 351 g/mol. The number of rotatable bonds is 4. The molecule has 0 heterocycles. The molecule has 2 aromatic carbocycles. The van der Waals surface area contributed by atoms with Crippen LogP contribution in [0.1, 0.15) is 28.3 Å². The number of halogens is 2. The lowest BCUT2D eigenvalue weighted by molar-refractivity contribution is 0.589. The topological polar surface area (TPSA) is 12.0 Å². The fraction of sp³-hybridized carbons (Fsp3) is 0.294. The number of nitrogens with one attached hydrogen (secondary N) is 1. The third kappa shape index (κ3) is 3.63. The van der Waals surface area contributed by atoms with Gasteiger partial charge in [-0.3, -0.25) is 0 Å². The van der Waals surface area contributed by atoms with Crippen molar-refractivity contribution in [2.45, 2.75) is 26.3 Å². The molecule has 0 saturated heterocycles. The van der Waals surface area contributed by atoms with E-state index in [0.29, 0.717) is 0 Å². The molecular weight excluding hydrogens is 334 g/mol. The quantitative estimate of drug-likeness (QED) is 0.795. The molecule has 0 spiro atoms. The third-order valence-corrected chi connectivity index (χ3v) is 4.65. The normalized spacial score (nSPS) is 12.4. The minimum atomic E-state index is 0.241. The largest absolute Gasteiger partial charge is 0.313 e. The summed E-state index contributed by atoms with van der Waals surface area (Å²) in [5.74, 6) is 0. The average Bonchev–Trinajstić information content (AvgIpc) is 2.43. The van der Waals surface area contributed by atoms with Crippen molar-refractivity contribution in [1.82, 2.24) is 5.32 Å². The van der Waals surface area contributed by atoms with Crippen LogP contribution >= 0.6 is 27.5 Å². The Morgan fingerprint density at radius 2 is 1.85 bits per heavy atom. The zero-order chi connectivity index (χ0) is 14.7. The molecule has 106 valence electrons. The first-order valence-corrected chi connectivity index (χ1v) is 7.86. The molecule has 0 saturated carbocycles. The van der Waals surface area contributed by atoms with Gasteiger partial charge in [0, 0.05) is 15.5 Å². The van der Waals surface area contributed by atoms with Crippen LogP contribution in [-0.2, 0) is 6.42 Å². The summed E-state index contributed by atoms with van der Waals surface area (Å²) in [5, 5.41) is 4.15. The van der Waals surface area contributed by atoms with Crippen LogP contribution in [0.15, 0.2) is 40.9 Å². The predicted molar refractivity (Wildman–Crippen MR) is 90.6 cm³/mol. The second-order valence-corrected chi connectivity index (χ2v) is 6.42. The maximum absolute atomic E-state index is 6.12. The molecule has 2 rings (SSSR count). The van der Waals surface area contributed by atoms with Gasteiger partial charge in [0.15, 0.2) is 0 Å². The van der Waals surface area contributed by atoms with Gasteiger partial charge in [-0.2, -0.15) is 0 Å². The zero-order valence-corrected chi connectivity index (χ0v) is 14.3. The van der Waals surface area contributed by atoms with Crippen LogP contribution < -0.4 is 5.32 Å². The lowest BCUT2D eigenvalue weighted by Gasteiger charge is -2.19. The lowest BCUT2D eigenvalue weighted by Crippen LogP contribution is -2.19. The highest BCUT2D eigenvalue weighted by Gasteiger charge is 2.14. The minimum Gasteiger partial charge on any atom is -0.313 e. The molecule has 2 aromatic rings. The van der Waals surface area contributed by atoms with E-state index < -0.39 is 0 Å². The van der Waals surface area contributed by atoms with Gasteiger partial charge >= 0.3 is 0 Å². The Kier molecular flexibility index (Phi) is 5.25. The summed E-state index contributed by atoms with van der Waals surface area (Å²) in [6.45, 7) is 4.30. The van der Waals surface area contributed by atoms with Crippen molar-refractivity contribution < 1.29 is 0 Å². The van der Waals surface area contributed by atoms with Gasteiger partial charge in [-0.25, -0.2) is 0 Å². The van der Waals surface area contributed by atoms with E-state index in [-0.39, 0.29) is 6.04 Å². The summed E-state index contributed by atoms with van der Waals surface area (Å²) >= 11 is 9.73.